The minimum atomic E-state index is -0.258. The molecule has 0 aromatic heterocycles. The Morgan fingerprint density at radius 2 is 1.91 bits per heavy atom. The molecule has 1 aromatic carbocycles. The topological polar surface area (TPSA) is 29.5 Å². The van der Waals surface area contributed by atoms with Gasteiger partial charge in [-0.15, -0.1) is 0 Å². The van der Waals surface area contributed by atoms with Crippen molar-refractivity contribution in [2.45, 2.75) is 13.3 Å². The highest BCUT2D eigenvalue weighted by Crippen LogP contribution is 2.11. The van der Waals surface area contributed by atoms with E-state index in [1.165, 1.54) is 5.56 Å². The number of aryl methyl sites for hydroxylation is 1. The Balaban J connectivity index is 2.66. The van der Waals surface area contributed by atoms with Crippen LogP contribution in [0.15, 0.2) is 24.3 Å². The third-order valence-electron chi connectivity index (χ3n) is 1.56. The van der Waals surface area contributed by atoms with E-state index in [1.807, 2.05) is 24.3 Å². The summed E-state index contributed by atoms with van der Waals surface area (Å²) < 4.78 is 4.86. The molecule has 0 aliphatic rings. The second kappa shape index (κ2) is 3.98. The minimum Gasteiger partial charge on any atom is -0.468 e. The first-order chi connectivity index (χ1) is 5.36. The fraction of sp³-hybridized carbons (Fsp3) is 0.333. The summed E-state index contributed by atoms with van der Waals surface area (Å²) >= 11 is 0. The van der Waals surface area contributed by atoms with Crippen LogP contribution in [0, 0.1) is 0 Å². The zero-order valence-electron chi connectivity index (χ0n) is 6.58. The van der Waals surface area contributed by atoms with Crippen molar-refractivity contribution in [1.82, 2.24) is 0 Å². The summed E-state index contributed by atoms with van der Waals surface area (Å²) in [6, 6.07) is 7.69. The van der Waals surface area contributed by atoms with Crippen LogP contribution < -0.4 is 4.74 Å². The normalized spacial score (nSPS) is 9.64. The van der Waals surface area contributed by atoms with E-state index < -0.39 is 0 Å². The van der Waals surface area contributed by atoms with Crippen LogP contribution in [0.4, 0.5) is 0 Å². The van der Waals surface area contributed by atoms with Crippen molar-refractivity contribution in [2.24, 2.45) is 0 Å². The van der Waals surface area contributed by atoms with E-state index in [0.717, 1.165) is 6.42 Å². The molecule has 0 aliphatic heterocycles. The predicted molar refractivity (Wildman–Crippen MR) is 43.5 cm³/mol. The predicted octanol–water partition coefficient (Wildman–Crippen LogP) is 1.58. The summed E-state index contributed by atoms with van der Waals surface area (Å²) in [6.07, 6.45) is 1.03. The number of benzene rings is 1. The van der Waals surface area contributed by atoms with Gasteiger partial charge < -0.3 is 9.84 Å². The van der Waals surface area contributed by atoms with Crippen molar-refractivity contribution in [1.29, 1.82) is 0 Å². The molecule has 1 N–H and O–H groups in total. The van der Waals surface area contributed by atoms with E-state index >= 15 is 0 Å². The van der Waals surface area contributed by atoms with Crippen molar-refractivity contribution in [3.8, 4) is 5.75 Å². The van der Waals surface area contributed by atoms with Gasteiger partial charge in [-0.25, -0.2) is 0 Å². The summed E-state index contributed by atoms with van der Waals surface area (Å²) in [5.74, 6) is 0.713. The summed E-state index contributed by atoms with van der Waals surface area (Å²) in [7, 11) is 0. The molecule has 0 amide bonds. The highest BCUT2D eigenvalue weighted by atomic mass is 16.6. The highest BCUT2D eigenvalue weighted by Gasteiger charge is 1.91. The second-order valence-electron chi connectivity index (χ2n) is 2.27. The van der Waals surface area contributed by atoms with Gasteiger partial charge in [-0.1, -0.05) is 19.1 Å². The Kier molecular flexibility index (Phi) is 2.93. The molecule has 0 heterocycles. The summed E-state index contributed by atoms with van der Waals surface area (Å²) in [5, 5.41) is 8.42. The van der Waals surface area contributed by atoms with E-state index in [2.05, 4.69) is 6.92 Å². The van der Waals surface area contributed by atoms with Crippen LogP contribution in [0.25, 0.3) is 0 Å². The number of aliphatic hydroxyl groups excluding tert-OH is 1. The molecule has 0 radical (unpaired) electrons. The van der Waals surface area contributed by atoms with Gasteiger partial charge in [-0.2, -0.15) is 0 Å². The van der Waals surface area contributed by atoms with Crippen LogP contribution in [0.3, 0.4) is 0 Å². The largest absolute Gasteiger partial charge is 0.468 e. The van der Waals surface area contributed by atoms with Gasteiger partial charge in [0.2, 0.25) is 0 Å². The van der Waals surface area contributed by atoms with E-state index in [4.69, 9.17) is 9.84 Å². The van der Waals surface area contributed by atoms with E-state index in [-0.39, 0.29) is 6.79 Å². The molecule has 1 rings (SSSR count). The first-order valence-corrected chi connectivity index (χ1v) is 3.69. The molecule has 0 spiro atoms. The molecule has 0 aliphatic carbocycles. The van der Waals surface area contributed by atoms with Crippen molar-refractivity contribution in [2.75, 3.05) is 6.79 Å². The number of hydrogen-bond acceptors (Lipinski definition) is 2. The van der Waals surface area contributed by atoms with Gasteiger partial charge in [0.25, 0.3) is 0 Å². The van der Waals surface area contributed by atoms with Crippen LogP contribution in [0.2, 0.25) is 0 Å². The van der Waals surface area contributed by atoms with Crippen molar-refractivity contribution >= 4 is 0 Å². The van der Waals surface area contributed by atoms with Crippen molar-refractivity contribution in [3.63, 3.8) is 0 Å². The Hall–Kier alpha value is -1.02. The lowest BCUT2D eigenvalue weighted by molar-refractivity contribution is 0.0985. The summed E-state index contributed by atoms with van der Waals surface area (Å²) in [6.45, 7) is 1.84. The average Bonchev–Trinajstić information content (AvgIpc) is 2.07. The molecule has 2 nitrogen and oxygen atoms in total. The van der Waals surface area contributed by atoms with Crippen molar-refractivity contribution in [3.05, 3.63) is 29.8 Å². The van der Waals surface area contributed by atoms with Crippen LogP contribution in [0.1, 0.15) is 12.5 Å². The van der Waals surface area contributed by atoms with Crippen LogP contribution in [0.5, 0.6) is 5.75 Å². The van der Waals surface area contributed by atoms with Gasteiger partial charge in [0.05, 0.1) is 0 Å². The monoisotopic (exact) mass is 152 g/mol. The molecule has 2 heteroatoms. The first kappa shape index (κ1) is 8.08. The Labute approximate surface area is 66.4 Å². The van der Waals surface area contributed by atoms with Crippen LogP contribution in [-0.4, -0.2) is 11.9 Å². The third kappa shape index (κ3) is 2.24. The van der Waals surface area contributed by atoms with Gasteiger partial charge in [-0.3, -0.25) is 0 Å². The molecule has 0 atom stereocenters. The summed E-state index contributed by atoms with van der Waals surface area (Å²) in [5.41, 5.74) is 1.27. The molecule has 60 valence electrons. The van der Waals surface area contributed by atoms with Crippen molar-refractivity contribution < 1.29 is 9.84 Å². The maximum Gasteiger partial charge on any atom is 0.186 e. The van der Waals surface area contributed by atoms with Gasteiger partial charge in [0.1, 0.15) is 5.75 Å². The van der Waals surface area contributed by atoms with Gasteiger partial charge >= 0.3 is 0 Å². The molecule has 0 bridgehead atoms. The Morgan fingerprint density at radius 1 is 1.27 bits per heavy atom. The molecule has 0 saturated heterocycles. The Bertz CT molecular complexity index is 203. The van der Waals surface area contributed by atoms with Crippen LogP contribution in [-0.2, 0) is 6.42 Å². The number of rotatable bonds is 3. The third-order valence-corrected chi connectivity index (χ3v) is 1.56. The van der Waals surface area contributed by atoms with E-state index in [1.54, 1.807) is 0 Å². The SMILES string of the molecule is CCc1ccc(OCO)cc1. The zero-order chi connectivity index (χ0) is 8.10. The summed E-state index contributed by atoms with van der Waals surface area (Å²) in [4.78, 5) is 0. The number of hydrogen-bond donors (Lipinski definition) is 1. The maximum atomic E-state index is 8.42. The first-order valence-electron chi connectivity index (χ1n) is 3.69. The molecule has 1 aromatic rings. The molecular formula is C9H12O2. The lowest BCUT2D eigenvalue weighted by atomic mass is 10.2. The Morgan fingerprint density at radius 3 is 2.36 bits per heavy atom. The minimum absolute atomic E-state index is 0.258. The highest BCUT2D eigenvalue weighted by molar-refractivity contribution is 5.26. The lowest BCUT2D eigenvalue weighted by Gasteiger charge is -2.01. The fourth-order valence-corrected chi connectivity index (χ4v) is 0.896. The maximum absolute atomic E-state index is 8.42. The molecule has 0 unspecified atom stereocenters. The standard InChI is InChI=1S/C9H12O2/c1-2-8-3-5-9(6-4-8)11-7-10/h3-6,10H,2,7H2,1H3. The van der Waals surface area contributed by atoms with Gasteiger partial charge in [0.15, 0.2) is 6.79 Å². The zero-order valence-corrected chi connectivity index (χ0v) is 6.58. The smallest absolute Gasteiger partial charge is 0.186 e. The molecule has 0 saturated carbocycles. The van der Waals surface area contributed by atoms with Crippen LogP contribution >= 0.6 is 0 Å². The molecular weight excluding hydrogens is 140 g/mol. The van der Waals surface area contributed by atoms with E-state index in [9.17, 15) is 0 Å². The fourth-order valence-electron chi connectivity index (χ4n) is 0.896. The average molecular weight is 152 g/mol. The lowest BCUT2D eigenvalue weighted by Crippen LogP contribution is -1.94. The van der Waals surface area contributed by atoms with Gasteiger partial charge in [-0.05, 0) is 24.1 Å². The number of ether oxygens (including phenoxy) is 1. The van der Waals surface area contributed by atoms with Gasteiger partial charge in [0, 0.05) is 0 Å². The van der Waals surface area contributed by atoms with E-state index in [0.29, 0.717) is 5.75 Å². The molecule has 0 fully saturated rings. The number of aliphatic hydroxyl groups is 1. The quantitative estimate of drug-likeness (QED) is 0.666. The molecule has 11 heavy (non-hydrogen) atoms. The second-order valence-corrected chi connectivity index (χ2v) is 2.27.